The molecule has 0 bridgehead atoms. The van der Waals surface area contributed by atoms with Gasteiger partial charge in [0.05, 0.1) is 10.9 Å². The molecule has 6 heteroatoms. The summed E-state index contributed by atoms with van der Waals surface area (Å²) in [6.07, 6.45) is 1.26. The molecule has 1 fully saturated rings. The molecule has 0 saturated carbocycles. The first-order valence-corrected chi connectivity index (χ1v) is 10.1. The molecule has 5 nitrogen and oxygen atoms in total. The van der Waals surface area contributed by atoms with Crippen molar-refractivity contribution in [3.8, 4) is 5.88 Å². The van der Waals surface area contributed by atoms with E-state index in [4.69, 9.17) is 0 Å². The van der Waals surface area contributed by atoms with E-state index in [1.165, 1.54) is 17.5 Å². The van der Waals surface area contributed by atoms with Crippen molar-refractivity contribution < 1.29 is 5.11 Å². The first kappa shape index (κ1) is 17.5. The fraction of sp³-hybridized carbons (Fsp3) is 0.500. The topological polar surface area (TPSA) is 53.7 Å². The largest absolute Gasteiger partial charge is 0.492 e. The van der Waals surface area contributed by atoms with Crippen LogP contribution in [0.15, 0.2) is 24.3 Å². The van der Waals surface area contributed by atoms with E-state index in [9.17, 15) is 5.11 Å². The highest BCUT2D eigenvalue weighted by Crippen LogP contribution is 2.42. The smallest absolute Gasteiger partial charge is 0.230 e. The molecule has 0 aliphatic carbocycles. The van der Waals surface area contributed by atoms with Crippen LogP contribution in [0.25, 0.3) is 4.96 Å². The van der Waals surface area contributed by atoms with E-state index in [2.05, 4.69) is 60.0 Å². The molecule has 0 radical (unpaired) electrons. The number of aromatic hydroxyl groups is 1. The Hall–Kier alpha value is -1.92. The highest BCUT2D eigenvalue weighted by molar-refractivity contribution is 7.17. The Morgan fingerprint density at radius 3 is 2.58 bits per heavy atom. The molecule has 138 valence electrons. The van der Waals surface area contributed by atoms with E-state index in [-0.39, 0.29) is 11.9 Å². The molecular formula is C20H26N4OS. The quantitative estimate of drug-likeness (QED) is 0.751. The Balaban J connectivity index is 1.84. The zero-order valence-electron chi connectivity index (χ0n) is 15.8. The molecule has 1 aromatic carbocycles. The van der Waals surface area contributed by atoms with Gasteiger partial charge >= 0.3 is 0 Å². The van der Waals surface area contributed by atoms with Crippen LogP contribution in [-0.2, 0) is 0 Å². The first-order chi connectivity index (χ1) is 12.4. The van der Waals surface area contributed by atoms with Crippen LogP contribution >= 0.6 is 11.3 Å². The molecule has 1 aliphatic heterocycles. The van der Waals surface area contributed by atoms with Crippen molar-refractivity contribution in [2.24, 2.45) is 11.8 Å². The summed E-state index contributed by atoms with van der Waals surface area (Å²) >= 11 is 1.55. The van der Waals surface area contributed by atoms with Crippen LogP contribution in [0.5, 0.6) is 5.88 Å². The van der Waals surface area contributed by atoms with E-state index >= 15 is 0 Å². The summed E-state index contributed by atoms with van der Waals surface area (Å²) in [4.78, 5) is 8.67. The van der Waals surface area contributed by atoms with Crippen molar-refractivity contribution in [3.63, 3.8) is 0 Å². The fourth-order valence-corrected chi connectivity index (χ4v) is 5.48. The van der Waals surface area contributed by atoms with E-state index in [0.29, 0.717) is 17.7 Å². The van der Waals surface area contributed by atoms with E-state index < -0.39 is 0 Å². The molecule has 0 spiro atoms. The maximum atomic E-state index is 10.9. The van der Waals surface area contributed by atoms with Gasteiger partial charge in [0.1, 0.15) is 5.82 Å². The highest BCUT2D eigenvalue weighted by atomic mass is 32.1. The van der Waals surface area contributed by atoms with Crippen LogP contribution in [0, 0.1) is 25.7 Å². The van der Waals surface area contributed by atoms with Gasteiger partial charge < -0.3 is 5.11 Å². The summed E-state index contributed by atoms with van der Waals surface area (Å²) in [6, 6.07) is 8.66. The third-order valence-corrected chi connectivity index (χ3v) is 6.25. The zero-order chi connectivity index (χ0) is 18.4. The van der Waals surface area contributed by atoms with Gasteiger partial charge in [0.25, 0.3) is 0 Å². The van der Waals surface area contributed by atoms with Gasteiger partial charge in [0.2, 0.25) is 10.8 Å². The van der Waals surface area contributed by atoms with Crippen molar-refractivity contribution in [3.05, 3.63) is 46.1 Å². The molecule has 3 atom stereocenters. The van der Waals surface area contributed by atoms with Gasteiger partial charge in [-0.15, -0.1) is 5.10 Å². The summed E-state index contributed by atoms with van der Waals surface area (Å²) in [5, 5.41) is 15.3. The average molecular weight is 371 g/mol. The van der Waals surface area contributed by atoms with Gasteiger partial charge in [0, 0.05) is 13.1 Å². The number of piperidine rings is 1. The normalized spacial score (nSPS) is 22.8. The van der Waals surface area contributed by atoms with Gasteiger partial charge in [0.15, 0.2) is 0 Å². The van der Waals surface area contributed by atoms with Gasteiger partial charge in [-0.25, -0.2) is 4.98 Å². The third-order valence-electron chi connectivity index (χ3n) is 5.17. The predicted octanol–water partition coefficient (Wildman–Crippen LogP) is 4.18. The maximum Gasteiger partial charge on any atom is 0.230 e. The minimum absolute atomic E-state index is 0.0360. The van der Waals surface area contributed by atoms with Crippen LogP contribution in [0.3, 0.4) is 0 Å². The Morgan fingerprint density at radius 1 is 1.19 bits per heavy atom. The van der Waals surface area contributed by atoms with Crippen LogP contribution in [0.2, 0.25) is 0 Å². The average Bonchev–Trinajstić information content (AvgIpc) is 3.05. The lowest BCUT2D eigenvalue weighted by atomic mass is 9.89. The molecule has 3 heterocycles. The number of fused-ring (bicyclic) bond motifs is 1. The van der Waals surface area contributed by atoms with E-state index in [0.717, 1.165) is 22.9 Å². The Morgan fingerprint density at radius 2 is 1.92 bits per heavy atom. The van der Waals surface area contributed by atoms with Gasteiger partial charge in [-0.2, -0.15) is 4.52 Å². The summed E-state index contributed by atoms with van der Waals surface area (Å²) < 4.78 is 1.58. The second-order valence-electron chi connectivity index (χ2n) is 7.86. The lowest BCUT2D eigenvalue weighted by molar-refractivity contribution is 0.112. The van der Waals surface area contributed by atoms with Gasteiger partial charge in [-0.05, 0) is 37.7 Å². The standard InChI is InChI=1S/C20H26N4OS/c1-12-6-5-7-16(9-12)17(23-10-13(2)8-14(3)11-23)18-19(25)24-20(26-18)21-15(4)22-24/h5-7,9,13-14,17,25H,8,10-11H2,1-4H3/t13-,14-,17+/m0/s1. The molecule has 2 aromatic heterocycles. The second kappa shape index (κ2) is 6.67. The maximum absolute atomic E-state index is 10.9. The Labute approximate surface area is 158 Å². The zero-order valence-corrected chi connectivity index (χ0v) is 16.6. The molecule has 1 aliphatic rings. The minimum atomic E-state index is 0.0360. The molecule has 0 amide bonds. The number of hydrogen-bond acceptors (Lipinski definition) is 5. The minimum Gasteiger partial charge on any atom is -0.492 e. The number of aryl methyl sites for hydroxylation is 2. The Kier molecular flexibility index (Phi) is 4.49. The third kappa shape index (κ3) is 3.12. The molecule has 26 heavy (non-hydrogen) atoms. The molecule has 3 aromatic rings. The van der Waals surface area contributed by atoms with Crippen LogP contribution in [0.1, 0.15) is 48.1 Å². The summed E-state index contributed by atoms with van der Waals surface area (Å²) in [5.74, 6) is 2.21. The molecular weight excluding hydrogens is 344 g/mol. The number of likely N-dealkylation sites (tertiary alicyclic amines) is 1. The van der Waals surface area contributed by atoms with Crippen LogP contribution in [-0.4, -0.2) is 37.7 Å². The lowest BCUT2D eigenvalue weighted by Gasteiger charge is -2.40. The fourth-order valence-electron chi connectivity index (χ4n) is 4.32. The van der Waals surface area contributed by atoms with Gasteiger partial charge in [-0.3, -0.25) is 4.90 Å². The second-order valence-corrected chi connectivity index (χ2v) is 8.87. The Bertz CT molecular complexity index is 921. The predicted molar refractivity (Wildman–Crippen MR) is 105 cm³/mol. The molecule has 1 saturated heterocycles. The molecule has 0 unspecified atom stereocenters. The number of nitrogens with zero attached hydrogens (tertiary/aromatic N) is 4. The van der Waals surface area contributed by atoms with Gasteiger partial charge in [-0.1, -0.05) is 55.0 Å². The number of aromatic nitrogens is 3. The number of rotatable bonds is 3. The monoisotopic (exact) mass is 370 g/mol. The van der Waals surface area contributed by atoms with E-state index in [1.54, 1.807) is 15.9 Å². The SMILES string of the molecule is Cc1cccc([C@H](c2sc3nc(C)nn3c2O)N2C[C@@H](C)C[C@H](C)C2)c1. The summed E-state index contributed by atoms with van der Waals surface area (Å²) in [5.41, 5.74) is 2.46. The van der Waals surface area contributed by atoms with Crippen molar-refractivity contribution in [2.75, 3.05) is 13.1 Å². The summed E-state index contributed by atoms with van der Waals surface area (Å²) in [6.45, 7) is 10.7. The number of benzene rings is 1. The van der Waals surface area contributed by atoms with Crippen molar-refractivity contribution in [2.45, 2.75) is 40.2 Å². The molecule has 4 rings (SSSR count). The lowest BCUT2D eigenvalue weighted by Crippen LogP contribution is -2.41. The number of hydrogen-bond donors (Lipinski definition) is 1. The number of thiazole rings is 1. The van der Waals surface area contributed by atoms with Crippen molar-refractivity contribution in [1.82, 2.24) is 19.5 Å². The molecule has 1 N–H and O–H groups in total. The summed E-state index contributed by atoms with van der Waals surface area (Å²) in [7, 11) is 0. The van der Waals surface area contributed by atoms with Crippen LogP contribution in [0.4, 0.5) is 0 Å². The highest BCUT2D eigenvalue weighted by Gasteiger charge is 2.33. The van der Waals surface area contributed by atoms with Crippen molar-refractivity contribution in [1.29, 1.82) is 0 Å². The van der Waals surface area contributed by atoms with Crippen LogP contribution < -0.4 is 0 Å². The first-order valence-electron chi connectivity index (χ1n) is 9.28. The van der Waals surface area contributed by atoms with E-state index in [1.807, 2.05) is 6.92 Å². The van der Waals surface area contributed by atoms with Crippen molar-refractivity contribution >= 4 is 16.3 Å².